The number of benzene rings is 1. The second-order valence-corrected chi connectivity index (χ2v) is 3.79. The molecule has 0 bridgehead atoms. The lowest BCUT2D eigenvalue weighted by Gasteiger charge is -2.04. The Balaban J connectivity index is 2.22. The van der Waals surface area contributed by atoms with E-state index >= 15 is 0 Å². The third kappa shape index (κ3) is 2.75. The van der Waals surface area contributed by atoms with Gasteiger partial charge in [-0.05, 0) is 31.3 Å². The van der Waals surface area contributed by atoms with Gasteiger partial charge >= 0.3 is 0 Å². The van der Waals surface area contributed by atoms with Gasteiger partial charge in [-0.2, -0.15) is 14.9 Å². The van der Waals surface area contributed by atoms with Crippen LogP contribution < -0.4 is 4.74 Å². The standard InChI is InChI=1S/C11H12N4O2S/c1-2-17-9-4-3-8(10(16)5-9)6-13-15-7-12-14-11(15)18/h3-7,16H,2H2,1H3,(H,14,18)/b13-6+. The van der Waals surface area contributed by atoms with Crippen molar-refractivity contribution < 1.29 is 9.84 Å². The highest BCUT2D eigenvalue weighted by Gasteiger charge is 2.01. The number of hydrogen-bond donors (Lipinski definition) is 2. The van der Waals surface area contributed by atoms with Crippen LogP contribution >= 0.6 is 12.2 Å². The largest absolute Gasteiger partial charge is 0.507 e. The highest BCUT2D eigenvalue weighted by atomic mass is 32.1. The molecule has 6 nitrogen and oxygen atoms in total. The molecule has 0 aliphatic rings. The number of rotatable bonds is 4. The predicted molar refractivity (Wildman–Crippen MR) is 69.7 cm³/mol. The molecule has 94 valence electrons. The molecule has 0 aliphatic heterocycles. The minimum Gasteiger partial charge on any atom is -0.507 e. The molecule has 0 amide bonds. The fourth-order valence-corrected chi connectivity index (χ4v) is 1.49. The molecule has 0 atom stereocenters. The van der Waals surface area contributed by atoms with Gasteiger partial charge in [0.2, 0.25) is 4.77 Å². The van der Waals surface area contributed by atoms with Gasteiger partial charge in [-0.3, -0.25) is 5.10 Å². The lowest BCUT2D eigenvalue weighted by Crippen LogP contribution is -1.93. The zero-order chi connectivity index (χ0) is 13.0. The van der Waals surface area contributed by atoms with Crippen molar-refractivity contribution in [3.05, 3.63) is 34.9 Å². The molecule has 1 aromatic carbocycles. The van der Waals surface area contributed by atoms with E-state index in [1.165, 1.54) is 17.2 Å². The normalized spacial score (nSPS) is 10.9. The SMILES string of the molecule is CCOc1ccc(/C=N/n2cn[nH]c2=S)c(O)c1. The van der Waals surface area contributed by atoms with Crippen molar-refractivity contribution in [2.24, 2.45) is 5.10 Å². The summed E-state index contributed by atoms with van der Waals surface area (Å²) in [5, 5.41) is 20.2. The number of phenols is 1. The van der Waals surface area contributed by atoms with Gasteiger partial charge in [-0.25, -0.2) is 0 Å². The van der Waals surface area contributed by atoms with E-state index in [2.05, 4.69) is 15.3 Å². The number of aromatic amines is 1. The van der Waals surface area contributed by atoms with Gasteiger partial charge < -0.3 is 9.84 Å². The van der Waals surface area contributed by atoms with Gasteiger partial charge in [0.1, 0.15) is 17.8 Å². The van der Waals surface area contributed by atoms with Crippen molar-refractivity contribution in [3.63, 3.8) is 0 Å². The Morgan fingerprint density at radius 2 is 2.44 bits per heavy atom. The zero-order valence-corrected chi connectivity index (χ0v) is 10.5. The number of nitrogens with zero attached hydrogens (tertiary/aromatic N) is 3. The Hall–Kier alpha value is -2.15. The molecule has 1 heterocycles. The molecule has 0 radical (unpaired) electrons. The molecule has 2 rings (SSSR count). The van der Waals surface area contributed by atoms with Crippen LogP contribution in [0.5, 0.6) is 11.5 Å². The molecule has 18 heavy (non-hydrogen) atoms. The first kappa shape index (κ1) is 12.3. The van der Waals surface area contributed by atoms with Gasteiger partial charge in [0.05, 0.1) is 12.8 Å². The van der Waals surface area contributed by atoms with E-state index in [1.54, 1.807) is 18.2 Å². The summed E-state index contributed by atoms with van der Waals surface area (Å²) in [7, 11) is 0. The van der Waals surface area contributed by atoms with Gasteiger partial charge in [-0.1, -0.05) is 0 Å². The van der Waals surface area contributed by atoms with Crippen LogP contribution in [-0.4, -0.2) is 32.8 Å². The third-order valence-electron chi connectivity index (χ3n) is 2.17. The first-order valence-electron chi connectivity index (χ1n) is 5.33. The van der Waals surface area contributed by atoms with Gasteiger partial charge in [0, 0.05) is 11.6 Å². The molecule has 2 N–H and O–H groups in total. The lowest BCUT2D eigenvalue weighted by atomic mass is 10.2. The van der Waals surface area contributed by atoms with Crippen molar-refractivity contribution in [1.82, 2.24) is 14.9 Å². The summed E-state index contributed by atoms with van der Waals surface area (Å²) in [6.07, 6.45) is 2.95. The van der Waals surface area contributed by atoms with Crippen LogP contribution in [0.3, 0.4) is 0 Å². The van der Waals surface area contributed by atoms with E-state index < -0.39 is 0 Å². The van der Waals surface area contributed by atoms with Gasteiger partial charge in [-0.15, -0.1) is 0 Å². The van der Waals surface area contributed by atoms with Crippen LogP contribution in [0.4, 0.5) is 0 Å². The summed E-state index contributed by atoms with van der Waals surface area (Å²) in [6.45, 7) is 2.43. The molecule has 1 aromatic heterocycles. The van der Waals surface area contributed by atoms with Crippen LogP contribution in [0.15, 0.2) is 29.6 Å². The summed E-state index contributed by atoms with van der Waals surface area (Å²) in [6, 6.07) is 5.02. The Morgan fingerprint density at radius 1 is 1.61 bits per heavy atom. The second-order valence-electron chi connectivity index (χ2n) is 3.40. The average molecular weight is 264 g/mol. The minimum absolute atomic E-state index is 0.0970. The summed E-state index contributed by atoms with van der Waals surface area (Å²) in [5.41, 5.74) is 0.571. The van der Waals surface area contributed by atoms with Crippen LogP contribution in [0.25, 0.3) is 0 Å². The van der Waals surface area contributed by atoms with Crippen LogP contribution in [0.1, 0.15) is 12.5 Å². The number of aromatic hydroxyl groups is 1. The summed E-state index contributed by atoms with van der Waals surface area (Å²) in [5.74, 6) is 0.715. The minimum atomic E-state index is 0.0970. The molecule has 0 spiro atoms. The highest BCUT2D eigenvalue weighted by Crippen LogP contribution is 2.22. The van der Waals surface area contributed by atoms with Crippen LogP contribution in [-0.2, 0) is 0 Å². The number of hydrogen-bond acceptors (Lipinski definition) is 5. The molecule has 0 saturated heterocycles. The molecule has 7 heteroatoms. The van der Waals surface area contributed by atoms with Crippen molar-refractivity contribution in [2.75, 3.05) is 6.61 Å². The van der Waals surface area contributed by atoms with Crippen LogP contribution in [0, 0.1) is 4.77 Å². The molecular formula is C11H12N4O2S. The number of H-pyrrole nitrogens is 1. The van der Waals surface area contributed by atoms with Crippen molar-refractivity contribution >= 4 is 18.4 Å². The summed E-state index contributed by atoms with van der Waals surface area (Å²) < 4.78 is 7.05. The van der Waals surface area contributed by atoms with E-state index in [-0.39, 0.29) is 5.75 Å². The summed E-state index contributed by atoms with van der Waals surface area (Å²) in [4.78, 5) is 0. The second kappa shape index (κ2) is 5.46. The van der Waals surface area contributed by atoms with E-state index in [1.807, 2.05) is 6.92 Å². The van der Waals surface area contributed by atoms with E-state index in [9.17, 15) is 5.11 Å². The van der Waals surface area contributed by atoms with Crippen LogP contribution in [0.2, 0.25) is 0 Å². The fraction of sp³-hybridized carbons (Fsp3) is 0.182. The highest BCUT2D eigenvalue weighted by molar-refractivity contribution is 7.71. The Kier molecular flexibility index (Phi) is 3.73. The molecule has 2 aromatic rings. The third-order valence-corrected chi connectivity index (χ3v) is 2.45. The fourth-order valence-electron chi connectivity index (χ4n) is 1.34. The molecule has 0 saturated carbocycles. The quantitative estimate of drug-likeness (QED) is 0.653. The van der Waals surface area contributed by atoms with E-state index in [4.69, 9.17) is 17.0 Å². The van der Waals surface area contributed by atoms with Crippen molar-refractivity contribution in [3.8, 4) is 11.5 Å². The molecular weight excluding hydrogens is 252 g/mol. The number of nitrogens with one attached hydrogen (secondary N) is 1. The van der Waals surface area contributed by atoms with Crippen molar-refractivity contribution in [2.45, 2.75) is 6.92 Å². The maximum absolute atomic E-state index is 9.79. The Morgan fingerprint density at radius 3 is 3.06 bits per heavy atom. The monoisotopic (exact) mass is 264 g/mol. The van der Waals surface area contributed by atoms with Gasteiger partial charge in [0.25, 0.3) is 0 Å². The Labute approximate surface area is 109 Å². The maximum Gasteiger partial charge on any atom is 0.216 e. The zero-order valence-electron chi connectivity index (χ0n) is 9.70. The summed E-state index contributed by atoms with van der Waals surface area (Å²) >= 11 is 4.94. The predicted octanol–water partition coefficient (Wildman–Crippen LogP) is 1.93. The van der Waals surface area contributed by atoms with E-state index in [0.29, 0.717) is 22.7 Å². The number of aromatic nitrogens is 3. The Bertz CT molecular complexity index is 618. The molecule has 0 unspecified atom stereocenters. The number of phenolic OH excluding ortho intramolecular Hbond substituents is 1. The topological polar surface area (TPSA) is 75.4 Å². The average Bonchev–Trinajstić information content (AvgIpc) is 2.74. The first-order chi connectivity index (χ1) is 8.70. The molecule has 0 aliphatic carbocycles. The van der Waals surface area contributed by atoms with E-state index in [0.717, 1.165) is 0 Å². The smallest absolute Gasteiger partial charge is 0.216 e. The van der Waals surface area contributed by atoms with Crippen molar-refractivity contribution in [1.29, 1.82) is 0 Å². The van der Waals surface area contributed by atoms with Gasteiger partial charge in [0.15, 0.2) is 0 Å². The first-order valence-corrected chi connectivity index (χ1v) is 5.73. The maximum atomic E-state index is 9.79. The number of ether oxygens (including phenoxy) is 1. The lowest BCUT2D eigenvalue weighted by molar-refractivity contribution is 0.337. The molecule has 0 fully saturated rings.